The van der Waals surface area contributed by atoms with Crippen LogP contribution in [0.25, 0.3) is 0 Å². The summed E-state index contributed by atoms with van der Waals surface area (Å²) in [6.07, 6.45) is 8.70. The van der Waals surface area contributed by atoms with E-state index in [2.05, 4.69) is 67.1 Å². The van der Waals surface area contributed by atoms with E-state index in [-0.39, 0.29) is 11.7 Å². The fourth-order valence-electron chi connectivity index (χ4n) is 5.57. The van der Waals surface area contributed by atoms with Gasteiger partial charge in [-0.3, -0.25) is 9.69 Å². The summed E-state index contributed by atoms with van der Waals surface area (Å²) in [5.74, 6) is 0.709. The highest BCUT2D eigenvalue weighted by Crippen LogP contribution is 2.27. The smallest absolute Gasteiger partial charge is 0.274 e. The summed E-state index contributed by atoms with van der Waals surface area (Å²) in [6, 6.07) is 10.5. The van der Waals surface area contributed by atoms with Gasteiger partial charge in [0.25, 0.3) is 5.91 Å². The molecule has 1 aliphatic carbocycles. The first kappa shape index (κ1) is 27.6. The topological polar surface area (TPSA) is 88.4 Å². The lowest BCUT2D eigenvalue weighted by molar-refractivity contribution is 0.0971. The number of nitriles is 1. The highest BCUT2D eigenvalue weighted by molar-refractivity contribution is 9.10. The first-order valence-corrected chi connectivity index (χ1v) is 14.4. The van der Waals surface area contributed by atoms with Crippen LogP contribution in [0.2, 0.25) is 0 Å². The summed E-state index contributed by atoms with van der Waals surface area (Å²) in [5, 5.41) is 10.8. The van der Waals surface area contributed by atoms with E-state index >= 15 is 0 Å². The van der Waals surface area contributed by atoms with Crippen LogP contribution >= 0.6 is 15.9 Å². The van der Waals surface area contributed by atoms with Crippen LogP contribution in [0.15, 0.2) is 34.9 Å². The van der Waals surface area contributed by atoms with Crippen molar-refractivity contribution >= 4 is 27.7 Å². The molecule has 1 N–H and O–H groups in total. The van der Waals surface area contributed by atoms with Gasteiger partial charge < -0.3 is 4.90 Å². The number of benzene rings is 1. The molecule has 1 aromatic carbocycles. The summed E-state index contributed by atoms with van der Waals surface area (Å²) in [7, 11) is 0. The number of amides is 1. The molecule has 198 valence electrons. The van der Waals surface area contributed by atoms with Gasteiger partial charge in [0.05, 0.1) is 4.47 Å². The number of likely N-dealkylation sites (tertiary alicyclic amines) is 1. The van der Waals surface area contributed by atoms with Crippen LogP contribution in [-0.2, 0) is 6.54 Å². The van der Waals surface area contributed by atoms with Crippen molar-refractivity contribution in [1.82, 2.24) is 25.2 Å². The van der Waals surface area contributed by atoms with Gasteiger partial charge in [0.2, 0.25) is 5.82 Å². The standard InChI is InChI=1S/C28H38BrN7O/c1-3-35(4-2)24-13-15-34(16-14-24)20-22-9-11-23(12-10-22)28(37)36(32-18-21-7-5-6-8-21)27-25(29)19-31-26(17-30)33-27/h9-12,19,21,24,32H,3-8,13-16,18,20H2,1-2H3. The number of nitrogens with zero attached hydrogens (tertiary/aromatic N) is 6. The second-order valence-corrected chi connectivity index (χ2v) is 10.9. The first-order chi connectivity index (χ1) is 18.0. The minimum Gasteiger partial charge on any atom is -0.301 e. The maximum atomic E-state index is 13.6. The van der Waals surface area contributed by atoms with Crippen LogP contribution in [0.5, 0.6) is 0 Å². The third kappa shape index (κ3) is 7.14. The maximum absolute atomic E-state index is 13.6. The number of carbonyl (C=O) groups excluding carboxylic acids is 1. The molecule has 0 atom stereocenters. The number of halogens is 1. The van der Waals surface area contributed by atoms with Gasteiger partial charge >= 0.3 is 0 Å². The average Bonchev–Trinajstić information content (AvgIpc) is 3.45. The Morgan fingerprint density at radius 2 is 1.81 bits per heavy atom. The van der Waals surface area contributed by atoms with E-state index in [9.17, 15) is 10.1 Å². The second kappa shape index (κ2) is 13.4. The SMILES string of the molecule is CCN(CC)C1CCN(Cc2ccc(C(=O)N(NCC3CCCC3)c3nc(C#N)ncc3Br)cc2)CC1. The quantitative estimate of drug-likeness (QED) is 0.414. The first-order valence-electron chi connectivity index (χ1n) is 13.6. The molecule has 0 unspecified atom stereocenters. The van der Waals surface area contributed by atoms with Gasteiger partial charge in [-0.05, 0) is 91.4 Å². The van der Waals surface area contributed by atoms with Crippen molar-refractivity contribution in [2.75, 3.05) is 37.7 Å². The number of piperidine rings is 1. The molecule has 1 saturated carbocycles. The Balaban J connectivity index is 1.43. The number of aromatic nitrogens is 2. The lowest BCUT2D eigenvalue weighted by atomic mass is 10.0. The molecule has 0 spiro atoms. The van der Waals surface area contributed by atoms with E-state index in [1.165, 1.54) is 42.5 Å². The summed E-state index contributed by atoms with van der Waals surface area (Å²) >= 11 is 3.47. The number of anilines is 1. The molecule has 9 heteroatoms. The molecule has 2 aliphatic rings. The Labute approximate surface area is 229 Å². The highest BCUT2D eigenvalue weighted by atomic mass is 79.9. The monoisotopic (exact) mass is 567 g/mol. The zero-order valence-corrected chi connectivity index (χ0v) is 23.6. The van der Waals surface area contributed by atoms with Gasteiger partial charge in [0.15, 0.2) is 5.82 Å². The summed E-state index contributed by atoms with van der Waals surface area (Å²) in [6.45, 7) is 10.5. The molecule has 37 heavy (non-hydrogen) atoms. The summed E-state index contributed by atoms with van der Waals surface area (Å²) < 4.78 is 0.559. The van der Waals surface area contributed by atoms with Crippen molar-refractivity contribution in [3.05, 3.63) is 51.9 Å². The molecule has 1 amide bonds. The molecule has 8 nitrogen and oxygen atoms in total. The Hall–Kier alpha value is -2.38. The van der Waals surface area contributed by atoms with Gasteiger partial charge in [0, 0.05) is 30.9 Å². The Kier molecular flexibility index (Phi) is 10.0. The second-order valence-electron chi connectivity index (χ2n) is 10.1. The molecule has 2 fully saturated rings. The van der Waals surface area contributed by atoms with Gasteiger partial charge in [-0.1, -0.05) is 38.8 Å². The molecule has 0 bridgehead atoms. The van der Waals surface area contributed by atoms with Crippen LogP contribution < -0.4 is 10.4 Å². The largest absolute Gasteiger partial charge is 0.301 e. The van der Waals surface area contributed by atoms with E-state index in [4.69, 9.17) is 0 Å². The minimum absolute atomic E-state index is 0.0266. The number of hydrogen-bond donors (Lipinski definition) is 1. The van der Waals surface area contributed by atoms with Crippen molar-refractivity contribution in [2.45, 2.75) is 65.0 Å². The molecule has 0 radical (unpaired) electrons. The molecule has 2 heterocycles. The highest BCUT2D eigenvalue weighted by Gasteiger charge is 2.26. The maximum Gasteiger partial charge on any atom is 0.274 e. The minimum atomic E-state index is -0.201. The van der Waals surface area contributed by atoms with E-state index in [0.29, 0.717) is 34.4 Å². The normalized spacial score (nSPS) is 17.3. The van der Waals surface area contributed by atoms with E-state index in [0.717, 1.165) is 45.6 Å². The van der Waals surface area contributed by atoms with Crippen molar-refractivity contribution in [3.63, 3.8) is 0 Å². The number of hydrogen-bond acceptors (Lipinski definition) is 7. The molecule has 2 aromatic rings. The lowest BCUT2D eigenvalue weighted by Crippen LogP contribution is -2.46. The lowest BCUT2D eigenvalue weighted by Gasteiger charge is -2.37. The molecular weight excluding hydrogens is 530 g/mol. The predicted molar refractivity (Wildman–Crippen MR) is 149 cm³/mol. The van der Waals surface area contributed by atoms with Crippen molar-refractivity contribution in [1.29, 1.82) is 5.26 Å². The Morgan fingerprint density at radius 3 is 2.43 bits per heavy atom. The zero-order chi connectivity index (χ0) is 26.2. The zero-order valence-electron chi connectivity index (χ0n) is 22.0. The summed E-state index contributed by atoms with van der Waals surface area (Å²) in [5.41, 5.74) is 5.10. The van der Waals surface area contributed by atoms with Gasteiger partial charge in [-0.25, -0.2) is 15.4 Å². The Morgan fingerprint density at radius 1 is 1.14 bits per heavy atom. The fourth-order valence-corrected chi connectivity index (χ4v) is 5.94. The average molecular weight is 569 g/mol. The van der Waals surface area contributed by atoms with Crippen molar-refractivity contribution < 1.29 is 4.79 Å². The van der Waals surface area contributed by atoms with E-state index < -0.39 is 0 Å². The molecule has 1 aromatic heterocycles. The molecule has 1 saturated heterocycles. The number of hydrazine groups is 1. The predicted octanol–water partition coefficient (Wildman–Crippen LogP) is 4.76. The number of carbonyl (C=O) groups is 1. The van der Waals surface area contributed by atoms with Crippen molar-refractivity contribution in [2.24, 2.45) is 5.92 Å². The fraction of sp³-hybridized carbons (Fsp3) is 0.571. The van der Waals surface area contributed by atoms with E-state index in [1.54, 1.807) is 0 Å². The van der Waals surface area contributed by atoms with Crippen LogP contribution in [0, 0.1) is 17.2 Å². The third-order valence-electron chi connectivity index (χ3n) is 7.75. The van der Waals surface area contributed by atoms with Gasteiger partial charge in [-0.15, -0.1) is 0 Å². The third-order valence-corrected chi connectivity index (χ3v) is 8.31. The van der Waals surface area contributed by atoms with Crippen LogP contribution in [0.1, 0.15) is 74.1 Å². The molecular formula is C28H38BrN7O. The molecule has 1 aliphatic heterocycles. The van der Waals surface area contributed by atoms with Gasteiger partial charge in [0.1, 0.15) is 6.07 Å². The number of rotatable bonds is 10. The van der Waals surface area contributed by atoms with Crippen molar-refractivity contribution in [3.8, 4) is 6.07 Å². The molecule has 4 rings (SSSR count). The van der Waals surface area contributed by atoms with Crippen LogP contribution in [0.4, 0.5) is 5.82 Å². The van der Waals surface area contributed by atoms with Crippen LogP contribution in [0.3, 0.4) is 0 Å². The summed E-state index contributed by atoms with van der Waals surface area (Å²) in [4.78, 5) is 27.1. The van der Waals surface area contributed by atoms with Gasteiger partial charge in [-0.2, -0.15) is 10.2 Å². The van der Waals surface area contributed by atoms with Crippen LogP contribution in [-0.4, -0.2) is 64.4 Å². The number of nitrogens with one attached hydrogen (secondary N) is 1. The Bertz CT molecular complexity index is 1070. The van der Waals surface area contributed by atoms with E-state index in [1.807, 2.05) is 18.2 Å².